The third-order valence-electron chi connectivity index (χ3n) is 3.17. The number of methoxy groups -OCH3 is 1. The van der Waals surface area contributed by atoms with Gasteiger partial charge in [0.25, 0.3) is 0 Å². The van der Waals surface area contributed by atoms with Crippen molar-refractivity contribution in [2.45, 2.75) is 31.7 Å². The summed E-state index contributed by atoms with van der Waals surface area (Å²) in [7, 11) is 1.40. The standard InChI is InChI=1S/C14H19NO3/c1-18-14(17)15-12(13(16)11-7-8-11)9-10-5-3-2-4-6-10/h2-6,11-12,14-15,17H,7-9H2,1H3/t12-,14?/m0/s1. The molecule has 98 valence electrons. The first-order chi connectivity index (χ1) is 8.70. The van der Waals surface area contributed by atoms with Gasteiger partial charge in [0.15, 0.2) is 5.78 Å². The molecule has 1 aromatic carbocycles. The van der Waals surface area contributed by atoms with Gasteiger partial charge in [-0.05, 0) is 24.8 Å². The maximum absolute atomic E-state index is 12.1. The molecule has 18 heavy (non-hydrogen) atoms. The van der Waals surface area contributed by atoms with E-state index in [1.807, 2.05) is 30.3 Å². The third-order valence-corrected chi connectivity index (χ3v) is 3.17. The van der Waals surface area contributed by atoms with E-state index in [1.165, 1.54) is 7.11 Å². The molecule has 2 atom stereocenters. The van der Waals surface area contributed by atoms with Gasteiger partial charge in [-0.15, -0.1) is 0 Å². The highest BCUT2D eigenvalue weighted by atomic mass is 16.6. The molecule has 1 fully saturated rings. The number of ketones is 1. The topological polar surface area (TPSA) is 58.6 Å². The van der Waals surface area contributed by atoms with Gasteiger partial charge < -0.3 is 9.84 Å². The van der Waals surface area contributed by atoms with E-state index in [-0.39, 0.29) is 17.7 Å². The van der Waals surface area contributed by atoms with Crippen LogP contribution in [0.2, 0.25) is 0 Å². The van der Waals surface area contributed by atoms with E-state index < -0.39 is 6.41 Å². The first kappa shape index (κ1) is 13.2. The number of hydrogen-bond donors (Lipinski definition) is 2. The van der Waals surface area contributed by atoms with Crippen LogP contribution in [0.5, 0.6) is 0 Å². The predicted octanol–water partition coefficient (Wildman–Crippen LogP) is 1.09. The lowest BCUT2D eigenvalue weighted by Crippen LogP contribution is -2.46. The van der Waals surface area contributed by atoms with E-state index in [4.69, 9.17) is 4.74 Å². The Labute approximate surface area is 107 Å². The average Bonchev–Trinajstić information content (AvgIpc) is 3.22. The number of carbonyl (C=O) groups excluding carboxylic acids is 1. The number of rotatable bonds is 7. The molecule has 0 saturated heterocycles. The van der Waals surface area contributed by atoms with Gasteiger partial charge in [0.05, 0.1) is 6.04 Å². The quantitative estimate of drug-likeness (QED) is 0.710. The van der Waals surface area contributed by atoms with Crippen LogP contribution in [-0.2, 0) is 16.0 Å². The van der Waals surface area contributed by atoms with E-state index in [0.717, 1.165) is 18.4 Å². The number of hydrogen-bond acceptors (Lipinski definition) is 4. The van der Waals surface area contributed by atoms with E-state index in [0.29, 0.717) is 6.42 Å². The van der Waals surface area contributed by atoms with Gasteiger partial charge in [0, 0.05) is 13.0 Å². The summed E-state index contributed by atoms with van der Waals surface area (Å²) in [5, 5.41) is 12.3. The molecule has 4 nitrogen and oxygen atoms in total. The second-order valence-electron chi connectivity index (χ2n) is 4.67. The molecule has 0 amide bonds. The minimum atomic E-state index is -1.10. The SMILES string of the molecule is COC(O)N[C@@H](Cc1ccccc1)C(=O)C1CC1. The zero-order chi connectivity index (χ0) is 13.0. The summed E-state index contributed by atoms with van der Waals surface area (Å²) in [5.41, 5.74) is 1.08. The smallest absolute Gasteiger partial charge is 0.213 e. The molecule has 1 aromatic rings. The zero-order valence-electron chi connectivity index (χ0n) is 10.5. The van der Waals surface area contributed by atoms with E-state index in [1.54, 1.807) is 0 Å². The molecule has 0 aliphatic heterocycles. The minimum absolute atomic E-state index is 0.162. The summed E-state index contributed by atoms with van der Waals surface area (Å²) in [6, 6.07) is 9.41. The van der Waals surface area contributed by atoms with Gasteiger partial charge in [0.2, 0.25) is 6.41 Å². The van der Waals surface area contributed by atoms with Crippen LogP contribution >= 0.6 is 0 Å². The molecular formula is C14H19NO3. The molecule has 1 aliphatic carbocycles. The van der Waals surface area contributed by atoms with Crippen molar-refractivity contribution in [3.63, 3.8) is 0 Å². The molecule has 0 heterocycles. The fraction of sp³-hybridized carbons (Fsp3) is 0.500. The fourth-order valence-electron chi connectivity index (χ4n) is 1.98. The summed E-state index contributed by atoms with van der Waals surface area (Å²) >= 11 is 0. The number of ether oxygens (including phenoxy) is 1. The lowest BCUT2D eigenvalue weighted by Gasteiger charge is -2.20. The number of aliphatic hydroxyl groups is 1. The Balaban J connectivity index is 2.01. The second kappa shape index (κ2) is 6.09. The van der Waals surface area contributed by atoms with Crippen molar-refractivity contribution in [3.05, 3.63) is 35.9 Å². The summed E-state index contributed by atoms with van der Waals surface area (Å²) < 4.78 is 4.76. The zero-order valence-corrected chi connectivity index (χ0v) is 10.5. The average molecular weight is 249 g/mol. The predicted molar refractivity (Wildman–Crippen MR) is 67.8 cm³/mol. The van der Waals surface area contributed by atoms with Crippen molar-refractivity contribution in [3.8, 4) is 0 Å². The third kappa shape index (κ3) is 3.63. The minimum Gasteiger partial charge on any atom is -0.356 e. The van der Waals surface area contributed by atoms with Crippen LogP contribution < -0.4 is 5.32 Å². The fourth-order valence-corrected chi connectivity index (χ4v) is 1.98. The van der Waals surface area contributed by atoms with Crippen molar-refractivity contribution in [2.24, 2.45) is 5.92 Å². The van der Waals surface area contributed by atoms with Gasteiger partial charge in [0.1, 0.15) is 0 Å². The highest BCUT2D eigenvalue weighted by molar-refractivity contribution is 5.88. The Bertz CT molecular complexity index is 389. The van der Waals surface area contributed by atoms with Crippen LogP contribution in [0.15, 0.2) is 30.3 Å². The van der Waals surface area contributed by atoms with Crippen LogP contribution in [-0.4, -0.2) is 30.5 Å². The van der Waals surface area contributed by atoms with Gasteiger partial charge in [-0.3, -0.25) is 10.1 Å². The van der Waals surface area contributed by atoms with Crippen molar-refractivity contribution in [2.75, 3.05) is 7.11 Å². The molecule has 0 spiro atoms. The Morgan fingerprint density at radius 1 is 1.44 bits per heavy atom. The summed E-state index contributed by atoms with van der Waals surface area (Å²) in [6.07, 6.45) is 1.42. The molecular weight excluding hydrogens is 230 g/mol. The van der Waals surface area contributed by atoms with Crippen LogP contribution in [0.25, 0.3) is 0 Å². The lowest BCUT2D eigenvalue weighted by atomic mass is 10.00. The van der Waals surface area contributed by atoms with Crippen LogP contribution in [0, 0.1) is 5.92 Å². The molecule has 1 unspecified atom stereocenters. The maximum atomic E-state index is 12.1. The number of aliphatic hydroxyl groups excluding tert-OH is 1. The van der Waals surface area contributed by atoms with E-state index in [9.17, 15) is 9.90 Å². The Hall–Kier alpha value is -1.23. The first-order valence-corrected chi connectivity index (χ1v) is 6.25. The van der Waals surface area contributed by atoms with Crippen molar-refractivity contribution < 1.29 is 14.6 Å². The molecule has 1 aliphatic rings. The Morgan fingerprint density at radius 2 is 2.11 bits per heavy atom. The largest absolute Gasteiger partial charge is 0.356 e. The van der Waals surface area contributed by atoms with Crippen LogP contribution in [0.1, 0.15) is 18.4 Å². The molecule has 0 radical (unpaired) electrons. The second-order valence-corrected chi connectivity index (χ2v) is 4.67. The Kier molecular flexibility index (Phi) is 4.47. The molecule has 0 aromatic heterocycles. The summed E-state index contributed by atoms with van der Waals surface area (Å²) in [6.45, 7) is 0. The maximum Gasteiger partial charge on any atom is 0.213 e. The number of Topliss-reactive ketones (excluding diaryl/α,β-unsaturated/α-hetero) is 1. The van der Waals surface area contributed by atoms with Gasteiger partial charge in [-0.1, -0.05) is 30.3 Å². The Morgan fingerprint density at radius 3 is 2.67 bits per heavy atom. The monoisotopic (exact) mass is 249 g/mol. The summed E-state index contributed by atoms with van der Waals surface area (Å²) in [5.74, 6) is 0.338. The molecule has 0 bridgehead atoms. The number of carbonyl (C=O) groups is 1. The van der Waals surface area contributed by atoms with Gasteiger partial charge in [-0.25, -0.2) is 0 Å². The van der Waals surface area contributed by atoms with Crippen molar-refractivity contribution in [1.29, 1.82) is 0 Å². The first-order valence-electron chi connectivity index (χ1n) is 6.25. The van der Waals surface area contributed by atoms with E-state index in [2.05, 4.69) is 5.32 Å². The van der Waals surface area contributed by atoms with Crippen molar-refractivity contribution in [1.82, 2.24) is 5.32 Å². The number of benzene rings is 1. The lowest BCUT2D eigenvalue weighted by molar-refractivity contribution is -0.132. The highest BCUT2D eigenvalue weighted by Crippen LogP contribution is 2.31. The van der Waals surface area contributed by atoms with Gasteiger partial charge >= 0.3 is 0 Å². The summed E-state index contributed by atoms with van der Waals surface area (Å²) in [4.78, 5) is 12.1. The van der Waals surface area contributed by atoms with Gasteiger partial charge in [-0.2, -0.15) is 0 Å². The normalized spacial score (nSPS) is 18.3. The van der Waals surface area contributed by atoms with Crippen LogP contribution in [0.4, 0.5) is 0 Å². The highest BCUT2D eigenvalue weighted by Gasteiger charge is 2.35. The number of nitrogens with one attached hydrogen (secondary N) is 1. The molecule has 2 rings (SSSR count). The van der Waals surface area contributed by atoms with Crippen molar-refractivity contribution >= 4 is 5.78 Å². The van der Waals surface area contributed by atoms with Crippen LogP contribution in [0.3, 0.4) is 0 Å². The van der Waals surface area contributed by atoms with E-state index >= 15 is 0 Å². The molecule has 4 heteroatoms. The molecule has 1 saturated carbocycles. The molecule has 2 N–H and O–H groups in total.